The van der Waals surface area contributed by atoms with Crippen LogP contribution in [0.1, 0.15) is 187 Å². The molecular weight excluding hydrogens is 755 g/mol. The van der Waals surface area contributed by atoms with Gasteiger partial charge in [0, 0.05) is 12.8 Å². The van der Waals surface area contributed by atoms with E-state index in [1.54, 1.807) is 0 Å². The van der Waals surface area contributed by atoms with Gasteiger partial charge in [0.1, 0.15) is 13.2 Å². The number of aliphatic carboxylic acids is 1. The minimum absolute atomic E-state index is 0.147. The normalized spacial score (nSPS) is 13.4. The molecule has 0 aliphatic heterocycles. The second-order valence-electron chi connectivity index (χ2n) is 17.0. The van der Waals surface area contributed by atoms with Gasteiger partial charge in [-0.1, -0.05) is 177 Å². The Hall–Kier alpha value is -3.01. The van der Waals surface area contributed by atoms with Crippen molar-refractivity contribution in [2.45, 2.75) is 200 Å². The van der Waals surface area contributed by atoms with Gasteiger partial charge in [-0.05, 0) is 57.8 Å². The quantitative estimate of drug-likeness (QED) is 0.0196. The maximum Gasteiger partial charge on any atom is 0.306 e. The molecular formula is C51H89NO8. The summed E-state index contributed by atoms with van der Waals surface area (Å²) in [7, 11) is 5.90. The molecule has 9 nitrogen and oxygen atoms in total. The first-order valence-electron chi connectivity index (χ1n) is 23.9. The average Bonchev–Trinajstić information content (AvgIpc) is 3.21. The fourth-order valence-electron chi connectivity index (χ4n) is 6.33. The maximum absolute atomic E-state index is 12.7. The summed E-state index contributed by atoms with van der Waals surface area (Å²) < 4.78 is 22.4. The lowest BCUT2D eigenvalue weighted by Crippen LogP contribution is -2.44. The predicted octanol–water partition coefficient (Wildman–Crippen LogP) is 11.6. The summed E-state index contributed by atoms with van der Waals surface area (Å²) >= 11 is 0. The summed E-state index contributed by atoms with van der Waals surface area (Å²) in [5.74, 6) is -2.30. The zero-order valence-corrected chi connectivity index (χ0v) is 39.1. The van der Waals surface area contributed by atoms with E-state index in [1.807, 2.05) is 21.1 Å². The van der Waals surface area contributed by atoms with Gasteiger partial charge < -0.3 is 33.3 Å². The van der Waals surface area contributed by atoms with Crippen LogP contribution in [0.5, 0.6) is 0 Å². The minimum atomic E-state index is -1.62. The zero-order chi connectivity index (χ0) is 44.2. The van der Waals surface area contributed by atoms with Crippen molar-refractivity contribution in [3.8, 4) is 0 Å². The first-order valence-corrected chi connectivity index (χ1v) is 23.9. The molecule has 60 heavy (non-hydrogen) atoms. The van der Waals surface area contributed by atoms with Crippen molar-refractivity contribution in [3.63, 3.8) is 0 Å². The molecule has 0 radical (unpaired) electrons. The number of carbonyl (C=O) groups is 3. The van der Waals surface area contributed by atoms with E-state index in [1.165, 1.54) is 77.0 Å². The number of rotatable bonds is 43. The van der Waals surface area contributed by atoms with Crippen LogP contribution in [-0.4, -0.2) is 82.3 Å². The number of carboxylic acids is 1. The smallest absolute Gasteiger partial charge is 0.306 e. The molecule has 2 atom stereocenters. The number of likely N-dealkylation sites (N-methyl/N-ethyl adjacent to an activating group) is 1. The molecule has 0 aromatic heterocycles. The molecule has 0 bridgehead atoms. The standard InChI is InChI=1S/C51H89NO8/c1-6-8-10-12-14-15-16-17-18-19-20-21-22-23-24-25-26-27-28-29-30-31-32-33-34-35-36-38-40-42-49(54)60-47(45-58-48(53)41-39-37-13-11-9-7-2)46-59-51(50(55)56)57-44-43-52(3,4)5/h8,10,14-15,17-18,20-21,23-24,47,51H,6-7,9,11-13,16,19,22,25-46H2,1-5H3/b10-8-,15-14-,18-17-,21-20-,24-23-. The molecule has 0 N–H and O–H groups in total. The van der Waals surface area contributed by atoms with E-state index in [4.69, 9.17) is 18.9 Å². The highest BCUT2D eigenvalue weighted by molar-refractivity contribution is 5.70. The first-order chi connectivity index (χ1) is 29.1. The number of carboxylic acid groups (broad SMARTS) is 1. The van der Waals surface area contributed by atoms with Crippen molar-refractivity contribution in [3.05, 3.63) is 60.8 Å². The molecule has 0 amide bonds. The molecule has 0 aliphatic rings. The molecule has 0 aromatic carbocycles. The van der Waals surface area contributed by atoms with Gasteiger partial charge in [-0.2, -0.15) is 0 Å². The van der Waals surface area contributed by atoms with Crippen molar-refractivity contribution in [2.75, 3.05) is 47.5 Å². The summed E-state index contributed by atoms with van der Waals surface area (Å²) in [6.07, 6.45) is 48.7. The van der Waals surface area contributed by atoms with Crippen LogP contribution in [0.3, 0.4) is 0 Å². The molecule has 0 aromatic rings. The topological polar surface area (TPSA) is 111 Å². The zero-order valence-electron chi connectivity index (χ0n) is 39.1. The van der Waals surface area contributed by atoms with Crippen LogP contribution < -0.4 is 5.11 Å². The van der Waals surface area contributed by atoms with Crippen LogP contribution >= 0.6 is 0 Å². The molecule has 0 saturated heterocycles. The summed E-state index contributed by atoms with van der Waals surface area (Å²) in [5, 5.41) is 11.6. The molecule has 9 heteroatoms. The Bertz CT molecular complexity index is 1170. The number of allylic oxidation sites excluding steroid dienone is 10. The highest BCUT2D eigenvalue weighted by atomic mass is 16.7. The van der Waals surface area contributed by atoms with Crippen LogP contribution in [0.15, 0.2) is 60.8 Å². The Kier molecular flexibility index (Phi) is 40.5. The van der Waals surface area contributed by atoms with Crippen molar-refractivity contribution in [1.82, 2.24) is 0 Å². The second kappa shape index (κ2) is 42.7. The van der Waals surface area contributed by atoms with Crippen molar-refractivity contribution in [2.24, 2.45) is 0 Å². The molecule has 0 spiro atoms. The van der Waals surface area contributed by atoms with Crippen LogP contribution in [0.4, 0.5) is 0 Å². The number of carbonyl (C=O) groups excluding carboxylic acids is 3. The monoisotopic (exact) mass is 844 g/mol. The summed E-state index contributed by atoms with van der Waals surface area (Å²) in [6.45, 7) is 4.55. The fraction of sp³-hybridized carbons (Fsp3) is 0.745. The van der Waals surface area contributed by atoms with E-state index < -0.39 is 24.3 Å². The van der Waals surface area contributed by atoms with Gasteiger partial charge in [-0.3, -0.25) is 9.59 Å². The number of ether oxygens (including phenoxy) is 4. The van der Waals surface area contributed by atoms with Crippen molar-refractivity contribution < 1.29 is 42.9 Å². The number of unbranched alkanes of at least 4 members (excludes halogenated alkanes) is 18. The highest BCUT2D eigenvalue weighted by Crippen LogP contribution is 2.15. The molecule has 346 valence electrons. The fourth-order valence-corrected chi connectivity index (χ4v) is 6.33. The lowest BCUT2D eigenvalue weighted by atomic mass is 10.0. The van der Waals surface area contributed by atoms with Gasteiger partial charge in [0.2, 0.25) is 0 Å². The van der Waals surface area contributed by atoms with E-state index >= 15 is 0 Å². The molecule has 0 saturated carbocycles. The lowest BCUT2D eigenvalue weighted by Gasteiger charge is -2.26. The van der Waals surface area contributed by atoms with Crippen molar-refractivity contribution >= 4 is 17.9 Å². The molecule has 0 aliphatic carbocycles. The van der Waals surface area contributed by atoms with Crippen LogP contribution in [0, 0.1) is 0 Å². The number of nitrogens with zero attached hydrogens (tertiary/aromatic N) is 1. The number of hydrogen-bond donors (Lipinski definition) is 0. The number of quaternary nitrogens is 1. The van der Waals surface area contributed by atoms with Gasteiger partial charge in [-0.15, -0.1) is 0 Å². The van der Waals surface area contributed by atoms with E-state index in [9.17, 15) is 19.5 Å². The van der Waals surface area contributed by atoms with Gasteiger partial charge in [0.15, 0.2) is 12.4 Å². The lowest BCUT2D eigenvalue weighted by molar-refractivity contribution is -0.870. The summed E-state index contributed by atoms with van der Waals surface area (Å²) in [6, 6.07) is 0. The third kappa shape index (κ3) is 43.1. The minimum Gasteiger partial charge on any atom is -0.545 e. The van der Waals surface area contributed by atoms with Gasteiger partial charge in [0.25, 0.3) is 0 Å². The van der Waals surface area contributed by atoms with E-state index in [2.05, 4.69) is 74.6 Å². The summed E-state index contributed by atoms with van der Waals surface area (Å²) in [4.78, 5) is 36.7. The third-order valence-electron chi connectivity index (χ3n) is 10.0. The molecule has 0 heterocycles. The largest absolute Gasteiger partial charge is 0.545 e. The van der Waals surface area contributed by atoms with E-state index in [-0.39, 0.29) is 38.6 Å². The van der Waals surface area contributed by atoms with Gasteiger partial charge >= 0.3 is 11.9 Å². The molecule has 2 unspecified atom stereocenters. The number of hydrogen-bond acceptors (Lipinski definition) is 8. The van der Waals surface area contributed by atoms with Gasteiger partial charge in [0.05, 0.1) is 40.3 Å². The number of esters is 2. The van der Waals surface area contributed by atoms with E-state index in [0.717, 1.165) is 77.0 Å². The Morgan fingerprint density at radius 1 is 0.517 bits per heavy atom. The van der Waals surface area contributed by atoms with Crippen LogP contribution in [0.25, 0.3) is 0 Å². The Morgan fingerprint density at radius 3 is 1.42 bits per heavy atom. The van der Waals surface area contributed by atoms with Crippen molar-refractivity contribution in [1.29, 1.82) is 0 Å². The summed E-state index contributed by atoms with van der Waals surface area (Å²) in [5.41, 5.74) is 0. The van der Waals surface area contributed by atoms with Gasteiger partial charge in [-0.25, -0.2) is 0 Å². The predicted molar refractivity (Wildman–Crippen MR) is 246 cm³/mol. The molecule has 0 rings (SSSR count). The second-order valence-corrected chi connectivity index (χ2v) is 17.0. The SMILES string of the molecule is CC/C=C\C/C=C\C/C=C\C/C=C\C/C=C\CCCCCCCCCCCCCCCC(=O)OC(COC(=O)CCCCCCCC)COC(OCC[N+](C)(C)C)C(=O)[O-]. The third-order valence-corrected chi connectivity index (χ3v) is 10.0. The molecule has 0 fully saturated rings. The average molecular weight is 844 g/mol. The Labute approximate surface area is 367 Å². The Balaban J connectivity index is 4.09. The van der Waals surface area contributed by atoms with Crippen LogP contribution in [0.2, 0.25) is 0 Å². The van der Waals surface area contributed by atoms with Crippen LogP contribution in [-0.2, 0) is 33.3 Å². The highest BCUT2D eigenvalue weighted by Gasteiger charge is 2.21. The maximum atomic E-state index is 12.7. The Morgan fingerprint density at radius 2 is 0.950 bits per heavy atom. The first kappa shape index (κ1) is 57.0. The van der Waals surface area contributed by atoms with E-state index in [0.29, 0.717) is 17.4 Å².